The minimum Gasteiger partial charge on any atom is -0.444 e. The van der Waals surface area contributed by atoms with Gasteiger partial charge >= 0.3 is 0 Å². The van der Waals surface area contributed by atoms with Gasteiger partial charge < -0.3 is 14.2 Å². The van der Waals surface area contributed by atoms with Crippen LogP contribution in [0.15, 0.2) is 59.7 Å². The number of carbonyl (C=O) groups excluding carboxylic acids is 1. The molecule has 3 aromatic heterocycles. The number of anilines is 1. The number of fused-ring (bicyclic) bond motifs is 1. The van der Waals surface area contributed by atoms with Gasteiger partial charge in [0, 0.05) is 55.1 Å². The fraction of sp³-hybridized carbons (Fsp3) is 0.261. The third-order valence-corrected chi connectivity index (χ3v) is 5.56. The Kier molecular flexibility index (Phi) is 5.13. The summed E-state index contributed by atoms with van der Waals surface area (Å²) in [5.74, 6) is 1.98. The lowest BCUT2D eigenvalue weighted by atomic mass is 10.1. The number of ketones is 1. The highest BCUT2D eigenvalue weighted by atomic mass is 16.3. The summed E-state index contributed by atoms with van der Waals surface area (Å²) in [5.41, 5.74) is 2.27. The minimum absolute atomic E-state index is 0.0245. The van der Waals surface area contributed by atoms with Crippen molar-refractivity contribution in [2.45, 2.75) is 6.42 Å². The van der Waals surface area contributed by atoms with Gasteiger partial charge in [-0.2, -0.15) is 0 Å². The second-order valence-electron chi connectivity index (χ2n) is 7.72. The van der Waals surface area contributed by atoms with Gasteiger partial charge in [-0.15, -0.1) is 0 Å². The van der Waals surface area contributed by atoms with Crippen LogP contribution < -0.4 is 4.90 Å². The largest absolute Gasteiger partial charge is 0.444 e. The average molecular weight is 414 g/mol. The molecule has 0 aliphatic carbocycles. The van der Waals surface area contributed by atoms with Crippen molar-refractivity contribution in [1.29, 1.82) is 0 Å². The molecule has 8 nitrogen and oxygen atoms in total. The highest BCUT2D eigenvalue weighted by Gasteiger charge is 2.17. The van der Waals surface area contributed by atoms with Crippen LogP contribution in [0.2, 0.25) is 0 Å². The van der Waals surface area contributed by atoms with E-state index in [0.717, 1.165) is 48.5 Å². The number of hydrogen-bond acceptors (Lipinski definition) is 8. The van der Waals surface area contributed by atoms with Crippen LogP contribution in [0.4, 0.5) is 5.82 Å². The monoisotopic (exact) mass is 414 g/mol. The van der Waals surface area contributed by atoms with Gasteiger partial charge in [0.1, 0.15) is 11.6 Å². The fourth-order valence-corrected chi connectivity index (χ4v) is 3.70. The van der Waals surface area contributed by atoms with Gasteiger partial charge in [-0.1, -0.05) is 12.1 Å². The van der Waals surface area contributed by atoms with Gasteiger partial charge in [0.25, 0.3) is 0 Å². The third-order valence-electron chi connectivity index (χ3n) is 5.56. The average Bonchev–Trinajstić information content (AvgIpc) is 3.34. The van der Waals surface area contributed by atoms with E-state index >= 15 is 0 Å². The van der Waals surface area contributed by atoms with Crippen molar-refractivity contribution in [2.24, 2.45) is 0 Å². The quantitative estimate of drug-likeness (QED) is 0.461. The Morgan fingerprint density at radius 2 is 1.94 bits per heavy atom. The van der Waals surface area contributed by atoms with Crippen LogP contribution >= 0.6 is 0 Å². The Balaban J connectivity index is 1.35. The first-order chi connectivity index (χ1) is 15.2. The van der Waals surface area contributed by atoms with E-state index in [-0.39, 0.29) is 12.2 Å². The number of oxazole rings is 1. The molecule has 0 bridgehead atoms. The molecule has 1 aromatic carbocycles. The molecule has 0 amide bonds. The Labute approximate surface area is 179 Å². The first-order valence-electron chi connectivity index (χ1n) is 10.2. The van der Waals surface area contributed by atoms with Gasteiger partial charge in [-0.05, 0) is 25.2 Å². The molecule has 0 radical (unpaired) electrons. The van der Waals surface area contributed by atoms with E-state index in [9.17, 15) is 4.79 Å². The SMILES string of the molecule is CN1CCN(c2cc(C(=O)Cc3ncc4ccc(-c5cnco5)cc4n3)ccn2)CC1. The summed E-state index contributed by atoms with van der Waals surface area (Å²) < 4.78 is 5.37. The van der Waals surface area contributed by atoms with E-state index in [1.807, 2.05) is 24.3 Å². The number of hydrogen-bond donors (Lipinski definition) is 0. The summed E-state index contributed by atoms with van der Waals surface area (Å²) in [6, 6.07) is 9.42. The second-order valence-corrected chi connectivity index (χ2v) is 7.72. The van der Waals surface area contributed by atoms with Crippen molar-refractivity contribution in [3.8, 4) is 11.3 Å². The summed E-state index contributed by atoms with van der Waals surface area (Å²) in [4.78, 5) is 34.9. The maximum Gasteiger partial charge on any atom is 0.181 e. The van der Waals surface area contributed by atoms with Crippen LogP contribution in [-0.4, -0.2) is 63.8 Å². The highest BCUT2D eigenvalue weighted by molar-refractivity contribution is 5.98. The molecular weight excluding hydrogens is 392 g/mol. The van der Waals surface area contributed by atoms with Crippen LogP contribution in [-0.2, 0) is 6.42 Å². The zero-order chi connectivity index (χ0) is 21.2. The smallest absolute Gasteiger partial charge is 0.181 e. The molecule has 8 heteroatoms. The van der Waals surface area contributed by atoms with Gasteiger partial charge in [0.05, 0.1) is 18.1 Å². The summed E-state index contributed by atoms with van der Waals surface area (Å²) in [6.07, 6.45) is 6.64. The van der Waals surface area contributed by atoms with Crippen LogP contribution in [0, 0.1) is 0 Å². The van der Waals surface area contributed by atoms with Crippen molar-refractivity contribution in [3.63, 3.8) is 0 Å². The number of piperazine rings is 1. The number of nitrogens with zero attached hydrogens (tertiary/aromatic N) is 6. The Morgan fingerprint density at radius 3 is 2.74 bits per heavy atom. The van der Waals surface area contributed by atoms with Crippen LogP contribution in [0.3, 0.4) is 0 Å². The molecule has 0 saturated carbocycles. The van der Waals surface area contributed by atoms with Gasteiger partial charge in [-0.25, -0.2) is 19.9 Å². The molecule has 1 aliphatic heterocycles. The summed E-state index contributed by atoms with van der Waals surface area (Å²) in [7, 11) is 2.11. The fourth-order valence-electron chi connectivity index (χ4n) is 3.70. The second kappa shape index (κ2) is 8.23. The summed E-state index contributed by atoms with van der Waals surface area (Å²) in [6.45, 7) is 3.78. The number of carbonyl (C=O) groups is 1. The lowest BCUT2D eigenvalue weighted by molar-refractivity contribution is 0.0991. The summed E-state index contributed by atoms with van der Waals surface area (Å²) in [5, 5.41) is 0.903. The molecule has 1 fully saturated rings. The van der Waals surface area contributed by atoms with E-state index in [1.54, 1.807) is 24.7 Å². The zero-order valence-electron chi connectivity index (χ0n) is 17.2. The van der Waals surface area contributed by atoms with E-state index in [2.05, 4.69) is 36.8 Å². The van der Waals surface area contributed by atoms with Crippen molar-refractivity contribution < 1.29 is 9.21 Å². The van der Waals surface area contributed by atoms with Gasteiger partial charge in [-0.3, -0.25) is 4.79 Å². The van der Waals surface area contributed by atoms with Crippen molar-refractivity contribution >= 4 is 22.5 Å². The molecule has 5 rings (SSSR count). The van der Waals surface area contributed by atoms with Crippen molar-refractivity contribution in [2.75, 3.05) is 38.1 Å². The van der Waals surface area contributed by atoms with E-state index < -0.39 is 0 Å². The lowest BCUT2D eigenvalue weighted by Gasteiger charge is -2.33. The van der Waals surface area contributed by atoms with Crippen LogP contribution in [0.5, 0.6) is 0 Å². The first kappa shape index (κ1) is 19.3. The topological polar surface area (TPSA) is 88.2 Å². The van der Waals surface area contributed by atoms with E-state index in [0.29, 0.717) is 17.1 Å². The number of aromatic nitrogens is 4. The molecule has 1 saturated heterocycles. The molecule has 1 aliphatic rings. The molecule has 4 aromatic rings. The highest BCUT2D eigenvalue weighted by Crippen LogP contribution is 2.23. The van der Waals surface area contributed by atoms with Crippen molar-refractivity contribution in [3.05, 3.63) is 66.7 Å². The normalized spacial score (nSPS) is 14.8. The zero-order valence-corrected chi connectivity index (χ0v) is 17.2. The molecule has 0 unspecified atom stereocenters. The number of pyridine rings is 1. The maximum atomic E-state index is 12.9. The maximum absolute atomic E-state index is 12.9. The number of Topliss-reactive ketones (excluding diaryl/α,β-unsaturated/α-hetero) is 1. The number of rotatable bonds is 5. The number of likely N-dealkylation sites (N-methyl/N-ethyl adjacent to an activating group) is 1. The molecule has 31 heavy (non-hydrogen) atoms. The number of benzene rings is 1. The Hall–Kier alpha value is -3.65. The predicted octanol–water partition coefficient (Wildman–Crippen LogP) is 2.86. The molecule has 0 atom stereocenters. The van der Waals surface area contributed by atoms with Crippen LogP contribution in [0.1, 0.15) is 16.2 Å². The van der Waals surface area contributed by atoms with E-state index in [1.165, 1.54) is 6.39 Å². The predicted molar refractivity (Wildman–Crippen MR) is 117 cm³/mol. The molecule has 4 heterocycles. The lowest BCUT2D eigenvalue weighted by Crippen LogP contribution is -2.44. The Bertz CT molecular complexity index is 1220. The first-order valence-corrected chi connectivity index (χ1v) is 10.2. The molecular formula is C23H22N6O2. The van der Waals surface area contributed by atoms with Crippen molar-refractivity contribution in [1.82, 2.24) is 24.8 Å². The molecule has 0 spiro atoms. The molecule has 0 N–H and O–H groups in total. The van der Waals surface area contributed by atoms with Crippen LogP contribution in [0.25, 0.3) is 22.2 Å². The Morgan fingerprint density at radius 1 is 1.06 bits per heavy atom. The third kappa shape index (κ3) is 4.15. The van der Waals surface area contributed by atoms with Gasteiger partial charge in [0.2, 0.25) is 0 Å². The standard InChI is InChI=1S/C23H22N6O2/c1-28-6-8-29(9-7-28)23-11-16(4-5-25-23)20(30)12-22-26-13-18-3-2-17(10-19(18)27-22)21-14-24-15-31-21/h2-5,10-11,13-15H,6-9,12H2,1H3. The minimum atomic E-state index is -0.0245. The van der Waals surface area contributed by atoms with Gasteiger partial charge in [0.15, 0.2) is 17.9 Å². The molecule has 156 valence electrons. The van der Waals surface area contributed by atoms with E-state index in [4.69, 9.17) is 4.42 Å². The summed E-state index contributed by atoms with van der Waals surface area (Å²) >= 11 is 0.